The van der Waals surface area contributed by atoms with Crippen molar-refractivity contribution in [3.05, 3.63) is 203 Å². The molecule has 0 N–H and O–H groups in total. The summed E-state index contributed by atoms with van der Waals surface area (Å²) in [5.74, 6) is -1.73. The van der Waals surface area contributed by atoms with Crippen LogP contribution in [0.4, 0.5) is 25.8 Å². The van der Waals surface area contributed by atoms with Crippen molar-refractivity contribution in [2.45, 2.75) is 12.8 Å². The average molecular weight is 687 g/mol. The lowest BCUT2D eigenvalue weighted by atomic mass is 9.79. The SMILES string of the molecule is Fc1c(C2=Cc3ccc4c5c(ccc(c35)C2)CC(c2ccc3ccccc3c2)=C4)ccc(N(c2ccccc2)c2ccc(-c3cccnc3)cc2)c1F. The van der Waals surface area contributed by atoms with Gasteiger partial charge in [-0.2, -0.15) is 0 Å². The zero-order valence-electron chi connectivity index (χ0n) is 28.7. The van der Waals surface area contributed by atoms with E-state index >= 15 is 8.78 Å². The minimum Gasteiger partial charge on any atom is -0.308 e. The van der Waals surface area contributed by atoms with Crippen molar-refractivity contribution in [3.8, 4) is 11.1 Å². The van der Waals surface area contributed by atoms with Gasteiger partial charge in [-0.05, 0) is 133 Å². The number of hydrogen-bond acceptors (Lipinski definition) is 2. The quantitative estimate of drug-likeness (QED) is 0.173. The van der Waals surface area contributed by atoms with Crippen LogP contribution < -0.4 is 4.90 Å². The van der Waals surface area contributed by atoms with Crippen LogP contribution in [0, 0.1) is 11.6 Å². The molecule has 7 aromatic carbocycles. The normalized spacial score (nSPS) is 13.2. The number of benzene rings is 7. The third kappa shape index (κ3) is 5.34. The molecule has 0 atom stereocenters. The first-order valence-corrected chi connectivity index (χ1v) is 17.9. The molecule has 8 aromatic rings. The summed E-state index contributed by atoms with van der Waals surface area (Å²) in [6, 6.07) is 48.5. The summed E-state index contributed by atoms with van der Waals surface area (Å²) in [5, 5.41) is 4.94. The van der Waals surface area contributed by atoms with Crippen molar-refractivity contribution in [3.63, 3.8) is 0 Å². The fraction of sp³-hybridized carbons (Fsp3) is 0.0408. The predicted octanol–water partition coefficient (Wildman–Crippen LogP) is 13.0. The molecule has 2 nitrogen and oxygen atoms in total. The van der Waals surface area contributed by atoms with E-state index in [2.05, 4.69) is 77.8 Å². The second-order valence-electron chi connectivity index (χ2n) is 13.9. The van der Waals surface area contributed by atoms with Gasteiger partial charge in [-0.3, -0.25) is 4.98 Å². The number of hydrogen-bond donors (Lipinski definition) is 0. The highest BCUT2D eigenvalue weighted by atomic mass is 19.2. The van der Waals surface area contributed by atoms with Crippen LogP contribution in [-0.4, -0.2) is 4.98 Å². The number of pyridine rings is 1. The fourth-order valence-electron chi connectivity index (χ4n) is 8.17. The molecule has 0 fully saturated rings. The Morgan fingerprint density at radius 2 is 1.15 bits per heavy atom. The van der Waals surface area contributed by atoms with Crippen molar-refractivity contribution < 1.29 is 8.78 Å². The number of halogens is 2. The highest BCUT2D eigenvalue weighted by Gasteiger charge is 2.26. The van der Waals surface area contributed by atoms with Gasteiger partial charge in [0, 0.05) is 29.3 Å². The van der Waals surface area contributed by atoms with E-state index < -0.39 is 11.6 Å². The Kier molecular flexibility index (Phi) is 7.36. The van der Waals surface area contributed by atoms with E-state index in [0.29, 0.717) is 6.42 Å². The van der Waals surface area contributed by atoms with E-state index in [-0.39, 0.29) is 11.3 Å². The molecule has 0 saturated heterocycles. The van der Waals surface area contributed by atoms with Gasteiger partial charge in [0.05, 0.1) is 5.69 Å². The summed E-state index contributed by atoms with van der Waals surface area (Å²) >= 11 is 0. The van der Waals surface area contributed by atoms with Gasteiger partial charge in [0.2, 0.25) is 0 Å². The minimum absolute atomic E-state index is 0.149. The van der Waals surface area contributed by atoms with Gasteiger partial charge < -0.3 is 4.90 Å². The molecule has 10 rings (SSSR count). The smallest absolute Gasteiger partial charge is 0.183 e. The van der Waals surface area contributed by atoms with Gasteiger partial charge in [-0.25, -0.2) is 8.78 Å². The van der Waals surface area contributed by atoms with Crippen molar-refractivity contribution in [1.82, 2.24) is 4.98 Å². The van der Waals surface area contributed by atoms with Crippen LogP contribution >= 0.6 is 0 Å². The Labute approximate surface area is 306 Å². The van der Waals surface area contributed by atoms with E-state index in [9.17, 15) is 0 Å². The van der Waals surface area contributed by atoms with Gasteiger partial charge >= 0.3 is 0 Å². The zero-order valence-corrected chi connectivity index (χ0v) is 28.7. The van der Waals surface area contributed by atoms with Crippen LogP contribution in [0.2, 0.25) is 0 Å². The highest BCUT2D eigenvalue weighted by Crippen LogP contribution is 2.44. The van der Waals surface area contributed by atoms with Gasteiger partial charge in [-0.15, -0.1) is 0 Å². The number of rotatable bonds is 6. The lowest BCUT2D eigenvalue weighted by Gasteiger charge is -2.27. The largest absolute Gasteiger partial charge is 0.308 e. The Balaban J connectivity index is 1.01. The van der Waals surface area contributed by atoms with Crippen LogP contribution in [0.1, 0.15) is 33.4 Å². The van der Waals surface area contributed by atoms with Crippen molar-refractivity contribution in [2.24, 2.45) is 0 Å². The fourth-order valence-corrected chi connectivity index (χ4v) is 8.17. The van der Waals surface area contributed by atoms with Crippen LogP contribution in [-0.2, 0) is 12.8 Å². The Morgan fingerprint density at radius 1 is 0.491 bits per heavy atom. The third-order valence-electron chi connectivity index (χ3n) is 10.7. The third-order valence-corrected chi connectivity index (χ3v) is 10.7. The van der Waals surface area contributed by atoms with Crippen molar-refractivity contribution in [2.75, 3.05) is 4.90 Å². The first-order chi connectivity index (χ1) is 26.1. The molecular weight excluding hydrogens is 655 g/mol. The number of aromatic nitrogens is 1. The molecule has 252 valence electrons. The number of nitrogens with zero attached hydrogens (tertiary/aromatic N) is 2. The van der Waals surface area contributed by atoms with Gasteiger partial charge in [0.1, 0.15) is 0 Å². The van der Waals surface area contributed by atoms with Crippen molar-refractivity contribution >= 4 is 61.9 Å². The van der Waals surface area contributed by atoms with Crippen LogP contribution in [0.5, 0.6) is 0 Å². The monoisotopic (exact) mass is 686 g/mol. The topological polar surface area (TPSA) is 16.1 Å². The second kappa shape index (κ2) is 12.5. The number of allylic oxidation sites excluding steroid dienone is 2. The van der Waals surface area contributed by atoms with Gasteiger partial charge in [-0.1, -0.05) is 109 Å². The van der Waals surface area contributed by atoms with E-state index in [1.165, 1.54) is 43.8 Å². The van der Waals surface area contributed by atoms with Crippen LogP contribution in [0.3, 0.4) is 0 Å². The first kappa shape index (κ1) is 31.1. The molecule has 0 radical (unpaired) electrons. The molecule has 2 aliphatic rings. The lowest BCUT2D eigenvalue weighted by Crippen LogP contribution is -2.13. The summed E-state index contributed by atoms with van der Waals surface area (Å²) in [6.45, 7) is 0. The van der Waals surface area contributed by atoms with Crippen LogP contribution in [0.25, 0.3) is 56.0 Å². The summed E-state index contributed by atoms with van der Waals surface area (Å²) in [6.07, 6.45) is 9.27. The summed E-state index contributed by atoms with van der Waals surface area (Å²) in [5.41, 5.74) is 11.8. The molecule has 0 spiro atoms. The molecule has 0 bridgehead atoms. The molecule has 0 saturated carbocycles. The Morgan fingerprint density at radius 3 is 1.89 bits per heavy atom. The molecule has 1 heterocycles. The lowest BCUT2D eigenvalue weighted by molar-refractivity contribution is 0.507. The number of para-hydroxylation sites is 1. The molecule has 0 aliphatic heterocycles. The van der Waals surface area contributed by atoms with Crippen LogP contribution in [0.15, 0.2) is 158 Å². The van der Waals surface area contributed by atoms with Gasteiger partial charge in [0.25, 0.3) is 0 Å². The predicted molar refractivity (Wildman–Crippen MR) is 215 cm³/mol. The average Bonchev–Trinajstić information content (AvgIpc) is 3.22. The molecule has 0 unspecified atom stereocenters. The molecular formula is C49H32F2N2. The Hall–Kier alpha value is -6.65. The first-order valence-electron chi connectivity index (χ1n) is 17.9. The number of fused-ring (bicyclic) bond motifs is 1. The maximum absolute atomic E-state index is 16.5. The summed E-state index contributed by atoms with van der Waals surface area (Å²) in [4.78, 5) is 6.00. The molecule has 0 amide bonds. The van der Waals surface area contributed by atoms with E-state index in [1.807, 2.05) is 79.0 Å². The van der Waals surface area contributed by atoms with E-state index in [1.54, 1.807) is 23.2 Å². The second-order valence-corrected chi connectivity index (χ2v) is 13.9. The maximum atomic E-state index is 16.5. The zero-order chi connectivity index (χ0) is 35.5. The molecule has 2 aliphatic carbocycles. The molecule has 4 heteroatoms. The Bertz CT molecular complexity index is 2780. The highest BCUT2D eigenvalue weighted by molar-refractivity contribution is 6.10. The standard InChI is InChI=1S/C49H32F2N2/c50-48-44(22-23-45(49(48)51)53(42-10-2-1-3-11-42)43-20-18-32(19-21-43)39-9-6-24-52-30-39)41-28-37-16-14-35-26-40(27-36-15-17-38(29-41)47(37)46(35)36)34-13-12-31-7-4-5-8-33(31)25-34/h1-26,28,30H,27,29H2. The summed E-state index contributed by atoms with van der Waals surface area (Å²) in [7, 11) is 0. The summed E-state index contributed by atoms with van der Waals surface area (Å²) < 4.78 is 32.9. The minimum atomic E-state index is -0.883. The van der Waals surface area contributed by atoms with Gasteiger partial charge in [0.15, 0.2) is 11.6 Å². The number of anilines is 3. The molecule has 1 aromatic heterocycles. The van der Waals surface area contributed by atoms with E-state index in [4.69, 9.17) is 0 Å². The molecule has 53 heavy (non-hydrogen) atoms. The van der Waals surface area contributed by atoms with E-state index in [0.717, 1.165) is 45.6 Å². The van der Waals surface area contributed by atoms with Crippen molar-refractivity contribution in [1.29, 1.82) is 0 Å². The maximum Gasteiger partial charge on any atom is 0.183 e.